The highest BCUT2D eigenvalue weighted by Gasteiger charge is 2.67. The van der Waals surface area contributed by atoms with Crippen molar-refractivity contribution in [3.05, 3.63) is 22.4 Å². The fourth-order valence-electron chi connectivity index (χ4n) is 6.49. The third-order valence-corrected chi connectivity index (χ3v) is 8.56. The highest BCUT2D eigenvalue weighted by Crippen LogP contribution is 2.64. The molecule has 6 rings (SSSR count). The van der Waals surface area contributed by atoms with Crippen molar-refractivity contribution in [2.24, 2.45) is 17.3 Å². The zero-order chi connectivity index (χ0) is 23.7. The molecule has 2 amide bonds. The Labute approximate surface area is 194 Å². The molecule has 6 atom stereocenters. The fourth-order valence-corrected chi connectivity index (χ4v) is 6.49. The molecule has 2 unspecified atom stereocenters. The number of hydrogen-bond acceptors (Lipinski definition) is 6. The second-order valence-corrected chi connectivity index (χ2v) is 10.9. The van der Waals surface area contributed by atoms with Gasteiger partial charge in [-0.25, -0.2) is 4.98 Å². The van der Waals surface area contributed by atoms with E-state index in [0.29, 0.717) is 36.9 Å². The Morgan fingerprint density at radius 3 is 2.79 bits per heavy atom. The fraction of sp³-hybridized carbons (Fsp3) is 0.739. The van der Waals surface area contributed by atoms with Gasteiger partial charge >= 0.3 is 7.12 Å². The number of anilines is 1. The second-order valence-electron chi connectivity index (χ2n) is 10.9. The highest BCUT2D eigenvalue weighted by atomic mass is 16.7. The van der Waals surface area contributed by atoms with Crippen molar-refractivity contribution < 1.29 is 18.9 Å². The van der Waals surface area contributed by atoms with Gasteiger partial charge in [0.15, 0.2) is 0 Å². The molecule has 4 fully saturated rings. The van der Waals surface area contributed by atoms with E-state index in [2.05, 4.69) is 36.4 Å². The van der Waals surface area contributed by atoms with Gasteiger partial charge in [-0.2, -0.15) is 0 Å². The number of carbonyl (C=O) groups is 2. The first-order valence-corrected chi connectivity index (χ1v) is 12.1. The van der Waals surface area contributed by atoms with Gasteiger partial charge in [0.25, 0.3) is 5.56 Å². The quantitative estimate of drug-likeness (QED) is 0.655. The zero-order valence-corrected chi connectivity index (χ0v) is 20.0. The molecule has 2 aliphatic heterocycles. The van der Waals surface area contributed by atoms with E-state index in [4.69, 9.17) is 9.31 Å². The van der Waals surface area contributed by atoms with E-state index < -0.39 is 18.7 Å². The molecule has 9 nitrogen and oxygen atoms in total. The van der Waals surface area contributed by atoms with Crippen LogP contribution in [0.5, 0.6) is 0 Å². The number of nitrogens with zero attached hydrogens (tertiary/aromatic N) is 2. The predicted molar refractivity (Wildman–Crippen MR) is 122 cm³/mol. The van der Waals surface area contributed by atoms with Crippen LogP contribution in [0.15, 0.2) is 11.0 Å². The summed E-state index contributed by atoms with van der Waals surface area (Å²) in [6.45, 7) is 10.1. The largest absolute Gasteiger partial charge is 0.481 e. The van der Waals surface area contributed by atoms with Gasteiger partial charge in [-0.3, -0.25) is 19.0 Å². The molecule has 5 aliphatic rings. The van der Waals surface area contributed by atoms with Crippen LogP contribution < -0.4 is 16.2 Å². The summed E-state index contributed by atoms with van der Waals surface area (Å²) in [7, 11) is -0.509. The summed E-state index contributed by atoms with van der Waals surface area (Å²) < 4.78 is 14.3. The van der Waals surface area contributed by atoms with Crippen molar-refractivity contribution >= 4 is 24.6 Å². The maximum absolute atomic E-state index is 13.3. The summed E-state index contributed by atoms with van der Waals surface area (Å²) in [5.74, 6) is 0.751. The van der Waals surface area contributed by atoms with Gasteiger partial charge in [-0.05, 0) is 49.9 Å². The Morgan fingerprint density at radius 2 is 2.12 bits per heavy atom. The summed E-state index contributed by atoms with van der Waals surface area (Å²) in [5.41, 5.74) is -0.380. The van der Waals surface area contributed by atoms with Crippen molar-refractivity contribution in [3.63, 3.8) is 0 Å². The molecule has 3 aliphatic carbocycles. The molecule has 0 radical (unpaired) electrons. The average Bonchev–Trinajstić information content (AvgIpc) is 3.34. The van der Waals surface area contributed by atoms with Gasteiger partial charge in [0.05, 0.1) is 23.8 Å². The molecule has 10 heteroatoms. The van der Waals surface area contributed by atoms with E-state index in [1.807, 2.05) is 6.92 Å². The van der Waals surface area contributed by atoms with E-state index in [-0.39, 0.29) is 40.6 Å². The van der Waals surface area contributed by atoms with Gasteiger partial charge in [0.2, 0.25) is 11.8 Å². The third kappa shape index (κ3) is 3.44. The van der Waals surface area contributed by atoms with Crippen LogP contribution in [-0.4, -0.2) is 46.1 Å². The van der Waals surface area contributed by atoms with E-state index in [1.165, 1.54) is 24.1 Å². The normalized spacial score (nSPS) is 34.2. The van der Waals surface area contributed by atoms with E-state index in [0.717, 1.165) is 6.42 Å². The first-order valence-electron chi connectivity index (χ1n) is 12.1. The minimum absolute atomic E-state index is 0.0349. The van der Waals surface area contributed by atoms with E-state index in [9.17, 15) is 14.4 Å². The van der Waals surface area contributed by atoms with E-state index >= 15 is 0 Å². The third-order valence-electron chi connectivity index (χ3n) is 8.56. The molecule has 1 saturated heterocycles. The van der Waals surface area contributed by atoms with Crippen LogP contribution >= 0.6 is 0 Å². The smallest absolute Gasteiger partial charge is 0.404 e. The number of fused-ring (bicyclic) bond motifs is 1. The van der Waals surface area contributed by atoms with Gasteiger partial charge in [-0.15, -0.1) is 0 Å². The Kier molecular flexibility index (Phi) is 5.25. The molecule has 1 aromatic rings. The topological polar surface area (TPSA) is 112 Å². The number of rotatable bonds is 5. The summed E-state index contributed by atoms with van der Waals surface area (Å²) >= 11 is 0. The van der Waals surface area contributed by atoms with Crippen LogP contribution in [0.1, 0.15) is 72.2 Å². The summed E-state index contributed by atoms with van der Waals surface area (Å²) in [5, 5.41) is 5.59. The Balaban J connectivity index is 1.32. The minimum Gasteiger partial charge on any atom is -0.404 e. The maximum Gasteiger partial charge on any atom is 0.481 e. The molecule has 2 N–H and O–H groups in total. The van der Waals surface area contributed by atoms with Crippen molar-refractivity contribution in [3.8, 4) is 0 Å². The number of amides is 2. The SMILES string of the molecule is CC[C@H](NC(=O)[C@@H]1CCc2ncc(NC(C)=O)c(=O)n21)B1O[C@@H]2C3CC(C[C@]2(C)O1)C3(C)C. The molecule has 0 aromatic carbocycles. The lowest BCUT2D eigenvalue weighted by atomic mass is 9.45. The number of carbonyl (C=O) groups excluding carboxylic acids is 2. The van der Waals surface area contributed by atoms with Crippen LogP contribution in [0, 0.1) is 17.3 Å². The number of aryl methyl sites for hydroxylation is 1. The summed E-state index contributed by atoms with van der Waals surface area (Å²) in [6, 6.07) is -0.672. The molecule has 2 bridgehead atoms. The van der Waals surface area contributed by atoms with Crippen LogP contribution in [-0.2, 0) is 25.3 Å². The molecular weight excluding hydrogens is 423 g/mol. The molecule has 3 saturated carbocycles. The average molecular weight is 456 g/mol. The Morgan fingerprint density at radius 1 is 1.36 bits per heavy atom. The van der Waals surface area contributed by atoms with Gasteiger partial charge in [0.1, 0.15) is 17.6 Å². The molecule has 178 valence electrons. The number of aromatic nitrogens is 2. The molecule has 1 aromatic heterocycles. The van der Waals surface area contributed by atoms with Crippen molar-refractivity contribution in [1.29, 1.82) is 0 Å². The van der Waals surface area contributed by atoms with Crippen LogP contribution in [0.25, 0.3) is 0 Å². The highest BCUT2D eigenvalue weighted by molar-refractivity contribution is 6.47. The van der Waals surface area contributed by atoms with Crippen molar-refractivity contribution in [2.75, 3.05) is 5.32 Å². The lowest BCUT2D eigenvalue weighted by molar-refractivity contribution is -0.185. The lowest BCUT2D eigenvalue weighted by Crippen LogP contribution is -2.63. The first kappa shape index (κ1) is 22.6. The van der Waals surface area contributed by atoms with Gasteiger partial charge < -0.3 is 19.9 Å². The first-order chi connectivity index (χ1) is 15.5. The van der Waals surface area contributed by atoms with E-state index in [1.54, 1.807) is 0 Å². The van der Waals surface area contributed by atoms with Crippen LogP contribution in [0.3, 0.4) is 0 Å². The van der Waals surface area contributed by atoms with Crippen LogP contribution in [0.2, 0.25) is 0 Å². The maximum atomic E-state index is 13.3. The predicted octanol–water partition coefficient (Wildman–Crippen LogP) is 1.85. The molecule has 33 heavy (non-hydrogen) atoms. The second kappa shape index (κ2) is 7.66. The van der Waals surface area contributed by atoms with Crippen molar-refractivity contribution in [1.82, 2.24) is 14.9 Å². The molecule has 3 heterocycles. The van der Waals surface area contributed by atoms with Gasteiger partial charge in [-0.1, -0.05) is 20.8 Å². The molecule has 0 spiro atoms. The lowest BCUT2D eigenvalue weighted by Gasteiger charge is -2.63. The Hall–Kier alpha value is -2.20. The molecular formula is C23H33BN4O5. The van der Waals surface area contributed by atoms with Gasteiger partial charge in [0, 0.05) is 13.3 Å². The van der Waals surface area contributed by atoms with Crippen molar-refractivity contribution in [2.45, 2.75) is 90.4 Å². The number of hydrogen-bond donors (Lipinski definition) is 2. The monoisotopic (exact) mass is 456 g/mol. The summed E-state index contributed by atoms with van der Waals surface area (Å²) in [6.07, 6.45) is 5.21. The number of nitrogens with one attached hydrogen (secondary N) is 2. The summed E-state index contributed by atoms with van der Waals surface area (Å²) in [4.78, 5) is 41.9. The zero-order valence-electron chi connectivity index (χ0n) is 20.0. The minimum atomic E-state index is -0.672. The van der Waals surface area contributed by atoms with Crippen LogP contribution in [0.4, 0.5) is 5.69 Å². The Bertz CT molecular complexity index is 1060. The standard InChI is InChI=1S/C23H33BN4O5/c1-6-17(24-32-19-14-9-13(22(14,3)4)10-23(19,5)33-24)27-20(30)16-7-8-18-25-11-15(26-12(2)29)21(31)28(16)18/h11,13-14,16-17,19H,6-10H2,1-5H3,(H,26,29)(H,27,30)/t13?,14?,16-,17-,19+,23-/m0/s1.